The van der Waals surface area contributed by atoms with Gasteiger partial charge in [0, 0.05) is 5.69 Å². The Labute approximate surface area is 108 Å². The number of aromatic nitrogens is 2. The Balaban J connectivity index is 2.33. The van der Waals surface area contributed by atoms with E-state index in [0.29, 0.717) is 5.69 Å². The first kappa shape index (κ1) is 12.1. The maximum atomic E-state index is 10.5. The number of primary amides is 1. The van der Waals surface area contributed by atoms with E-state index in [9.17, 15) is 4.79 Å². The molecule has 0 aliphatic heterocycles. The fourth-order valence-electron chi connectivity index (χ4n) is 1.40. The molecule has 1 aromatic heterocycles. The molecule has 2 rings (SSSR count). The zero-order chi connectivity index (χ0) is 13.0. The number of hydrogen-bond acceptors (Lipinski definition) is 3. The predicted octanol–water partition coefficient (Wildman–Crippen LogP) is 1.53. The first-order valence-electron chi connectivity index (χ1n) is 5.05. The van der Waals surface area contributed by atoms with Gasteiger partial charge in [-0.05, 0) is 12.1 Å². The number of benzene rings is 1. The maximum absolute atomic E-state index is 10.5. The number of nitrogens with one attached hydrogen (secondary N) is 1. The minimum atomic E-state index is -0.742. The molecule has 0 bridgehead atoms. The molecule has 0 unspecified atom stereocenters. The van der Waals surface area contributed by atoms with Gasteiger partial charge < -0.3 is 5.73 Å². The van der Waals surface area contributed by atoms with Crippen molar-refractivity contribution < 1.29 is 4.79 Å². The summed E-state index contributed by atoms with van der Waals surface area (Å²) in [6.45, 7) is 0. The maximum Gasteiger partial charge on any atom is 0.332 e. The Morgan fingerprint density at radius 2 is 2.17 bits per heavy atom. The van der Waals surface area contributed by atoms with Gasteiger partial charge in [-0.2, -0.15) is 5.10 Å². The summed E-state index contributed by atoms with van der Waals surface area (Å²) in [5.74, 6) is 0. The Kier molecular flexibility index (Phi) is 3.59. The summed E-state index contributed by atoms with van der Waals surface area (Å²) in [4.78, 5) is 14.5. The van der Waals surface area contributed by atoms with E-state index in [0.717, 1.165) is 5.69 Å². The number of nitrogens with two attached hydrogens (primary N) is 1. The summed E-state index contributed by atoms with van der Waals surface area (Å²) in [5.41, 5.74) is 8.44. The van der Waals surface area contributed by atoms with Gasteiger partial charge in [0.1, 0.15) is 12.0 Å². The van der Waals surface area contributed by atoms with Crippen LogP contribution in [-0.4, -0.2) is 21.8 Å². The molecule has 0 aliphatic rings. The van der Waals surface area contributed by atoms with Crippen LogP contribution < -0.4 is 11.2 Å². The summed E-state index contributed by atoms with van der Waals surface area (Å²) < 4.78 is 1.74. The van der Waals surface area contributed by atoms with Crippen molar-refractivity contribution in [3.8, 4) is 5.69 Å². The van der Waals surface area contributed by atoms with E-state index in [1.165, 1.54) is 6.21 Å². The minimum absolute atomic E-state index is 0.286. The van der Waals surface area contributed by atoms with Crippen LogP contribution >= 0.6 is 11.6 Å². The van der Waals surface area contributed by atoms with E-state index >= 15 is 0 Å². The number of hydrogen-bond donors (Lipinski definition) is 2. The smallest absolute Gasteiger partial charge is 0.332 e. The van der Waals surface area contributed by atoms with Gasteiger partial charge in [-0.3, -0.25) is 4.57 Å². The van der Waals surface area contributed by atoms with Gasteiger partial charge in [0.25, 0.3) is 0 Å². The number of para-hydroxylation sites is 1. The molecule has 2 amide bonds. The number of imidazole rings is 1. The molecule has 3 N–H and O–H groups in total. The number of hydrazone groups is 1. The lowest BCUT2D eigenvalue weighted by molar-refractivity contribution is 0.249. The van der Waals surface area contributed by atoms with Crippen molar-refractivity contribution in [1.82, 2.24) is 15.0 Å². The van der Waals surface area contributed by atoms with Crippen molar-refractivity contribution in [3.05, 3.63) is 47.5 Å². The Morgan fingerprint density at radius 3 is 2.83 bits per heavy atom. The SMILES string of the molecule is NC(=O)NN=Cc1c(Cl)ncn1-c1ccccc1. The molecular weight excluding hydrogens is 254 g/mol. The normalized spacial score (nSPS) is 10.7. The van der Waals surface area contributed by atoms with Crippen LogP contribution in [0.25, 0.3) is 5.69 Å². The number of rotatable bonds is 3. The van der Waals surface area contributed by atoms with Gasteiger partial charge in [-0.15, -0.1) is 0 Å². The summed E-state index contributed by atoms with van der Waals surface area (Å²) in [6.07, 6.45) is 2.95. The van der Waals surface area contributed by atoms with Crippen molar-refractivity contribution in [2.45, 2.75) is 0 Å². The number of carbonyl (C=O) groups excluding carboxylic acids is 1. The van der Waals surface area contributed by atoms with Crippen LogP contribution in [0.1, 0.15) is 5.69 Å². The molecule has 18 heavy (non-hydrogen) atoms. The van der Waals surface area contributed by atoms with Crippen LogP contribution in [0.5, 0.6) is 0 Å². The Hall–Kier alpha value is -2.34. The highest BCUT2D eigenvalue weighted by molar-refractivity contribution is 6.31. The van der Waals surface area contributed by atoms with E-state index in [-0.39, 0.29) is 5.15 Å². The predicted molar refractivity (Wildman–Crippen MR) is 68.9 cm³/mol. The third-order valence-corrected chi connectivity index (χ3v) is 2.44. The van der Waals surface area contributed by atoms with Gasteiger partial charge >= 0.3 is 6.03 Å². The standard InChI is InChI=1S/C11H10ClN5O/c12-10-9(6-15-16-11(13)18)17(7-14-10)8-4-2-1-3-5-8/h1-7H,(H3,13,16,18). The van der Waals surface area contributed by atoms with Crippen LogP contribution in [0.15, 0.2) is 41.8 Å². The number of amides is 2. The third kappa shape index (κ3) is 2.67. The van der Waals surface area contributed by atoms with Gasteiger partial charge in [0.2, 0.25) is 0 Å². The molecule has 0 aliphatic carbocycles. The second-order valence-corrected chi connectivity index (χ2v) is 3.72. The molecule has 0 saturated heterocycles. The lowest BCUT2D eigenvalue weighted by atomic mass is 10.3. The molecule has 0 spiro atoms. The topological polar surface area (TPSA) is 85.3 Å². The third-order valence-electron chi connectivity index (χ3n) is 2.15. The van der Waals surface area contributed by atoms with Crippen LogP contribution in [0.3, 0.4) is 0 Å². The van der Waals surface area contributed by atoms with Gasteiger partial charge in [-0.25, -0.2) is 15.2 Å². The minimum Gasteiger partial charge on any atom is -0.350 e. The number of nitrogens with zero attached hydrogens (tertiary/aromatic N) is 3. The van der Waals surface area contributed by atoms with Crippen molar-refractivity contribution in [2.75, 3.05) is 0 Å². The molecule has 0 atom stereocenters. The molecule has 7 heteroatoms. The van der Waals surface area contributed by atoms with Gasteiger partial charge in [0.15, 0.2) is 5.15 Å². The zero-order valence-electron chi connectivity index (χ0n) is 9.25. The van der Waals surface area contributed by atoms with Crippen LogP contribution in [-0.2, 0) is 0 Å². The number of urea groups is 1. The zero-order valence-corrected chi connectivity index (χ0v) is 10.0. The van der Waals surface area contributed by atoms with Crippen molar-refractivity contribution in [1.29, 1.82) is 0 Å². The second kappa shape index (κ2) is 5.33. The van der Waals surface area contributed by atoms with Crippen molar-refractivity contribution in [3.63, 3.8) is 0 Å². The summed E-state index contributed by atoms with van der Waals surface area (Å²) in [5, 5.41) is 3.95. The van der Waals surface area contributed by atoms with Gasteiger partial charge in [0.05, 0.1) is 6.21 Å². The van der Waals surface area contributed by atoms with E-state index in [1.807, 2.05) is 30.3 Å². The average molecular weight is 264 g/mol. The molecule has 0 fully saturated rings. The largest absolute Gasteiger partial charge is 0.350 e. The molecule has 2 aromatic rings. The van der Waals surface area contributed by atoms with E-state index in [2.05, 4.69) is 15.5 Å². The number of carbonyl (C=O) groups is 1. The molecule has 0 saturated carbocycles. The molecule has 92 valence electrons. The molecular formula is C11H10ClN5O. The van der Waals surface area contributed by atoms with E-state index in [4.69, 9.17) is 17.3 Å². The lowest BCUT2D eigenvalue weighted by Crippen LogP contribution is -2.24. The first-order valence-corrected chi connectivity index (χ1v) is 5.43. The molecule has 6 nitrogen and oxygen atoms in total. The lowest BCUT2D eigenvalue weighted by Gasteiger charge is -2.04. The highest BCUT2D eigenvalue weighted by atomic mass is 35.5. The number of halogens is 1. The fraction of sp³-hybridized carbons (Fsp3) is 0. The van der Waals surface area contributed by atoms with Crippen LogP contribution in [0.2, 0.25) is 5.15 Å². The summed E-state index contributed by atoms with van der Waals surface area (Å²) in [6, 6.07) is 8.75. The van der Waals surface area contributed by atoms with Crippen LogP contribution in [0.4, 0.5) is 4.79 Å². The van der Waals surface area contributed by atoms with Crippen LogP contribution in [0, 0.1) is 0 Å². The second-order valence-electron chi connectivity index (χ2n) is 3.36. The monoisotopic (exact) mass is 263 g/mol. The summed E-state index contributed by atoms with van der Waals surface area (Å²) in [7, 11) is 0. The molecule has 0 radical (unpaired) electrons. The molecule has 1 heterocycles. The Bertz CT molecular complexity index is 578. The van der Waals surface area contributed by atoms with Gasteiger partial charge in [-0.1, -0.05) is 29.8 Å². The highest BCUT2D eigenvalue weighted by Crippen LogP contribution is 2.16. The Morgan fingerprint density at radius 1 is 1.44 bits per heavy atom. The highest BCUT2D eigenvalue weighted by Gasteiger charge is 2.08. The molecule has 1 aromatic carbocycles. The average Bonchev–Trinajstić information content (AvgIpc) is 2.72. The van der Waals surface area contributed by atoms with Crippen molar-refractivity contribution in [2.24, 2.45) is 10.8 Å². The summed E-state index contributed by atoms with van der Waals surface area (Å²) >= 11 is 5.94. The fourth-order valence-corrected chi connectivity index (χ4v) is 1.59. The first-order chi connectivity index (χ1) is 8.68. The van der Waals surface area contributed by atoms with Crippen molar-refractivity contribution >= 4 is 23.8 Å². The quantitative estimate of drug-likeness (QED) is 0.650. The van der Waals surface area contributed by atoms with E-state index < -0.39 is 6.03 Å². The van der Waals surface area contributed by atoms with E-state index in [1.54, 1.807) is 10.9 Å².